The van der Waals surface area contributed by atoms with Gasteiger partial charge in [-0.15, -0.1) is 0 Å². The summed E-state index contributed by atoms with van der Waals surface area (Å²) in [6.45, 7) is 3.41. The molecule has 0 aliphatic heterocycles. The molecule has 88 valence electrons. The van der Waals surface area contributed by atoms with Gasteiger partial charge in [0.05, 0.1) is 0 Å². The lowest BCUT2D eigenvalue weighted by Crippen LogP contribution is -2.46. The maximum atomic E-state index is 10.9. The molecule has 1 rings (SSSR count). The Bertz CT molecular complexity index is 399. The molecule has 0 bridgehead atoms. The van der Waals surface area contributed by atoms with Gasteiger partial charge in [-0.3, -0.25) is 4.79 Å². The number of carboxylic acids is 1. The summed E-state index contributed by atoms with van der Waals surface area (Å²) in [6, 6.07) is 5.07. The monoisotopic (exact) mass is 223 g/mol. The first-order chi connectivity index (χ1) is 7.36. The Hall–Kier alpha value is -1.55. The van der Waals surface area contributed by atoms with E-state index in [4.69, 9.17) is 10.8 Å². The predicted molar refractivity (Wildman–Crippen MR) is 61.4 cm³/mol. The largest absolute Gasteiger partial charge is 0.508 e. The number of hydrogen-bond donors (Lipinski definition) is 3. The fraction of sp³-hybridized carbons (Fsp3) is 0.417. The molecule has 0 fully saturated rings. The second-order valence-electron chi connectivity index (χ2n) is 4.22. The van der Waals surface area contributed by atoms with Gasteiger partial charge in [-0.05, 0) is 30.5 Å². The van der Waals surface area contributed by atoms with Crippen molar-refractivity contribution >= 4 is 5.97 Å². The van der Waals surface area contributed by atoms with Crippen LogP contribution in [0.1, 0.15) is 25.0 Å². The highest BCUT2D eigenvalue weighted by atomic mass is 16.4. The summed E-state index contributed by atoms with van der Waals surface area (Å²) in [7, 11) is 0. The fourth-order valence-corrected chi connectivity index (χ4v) is 1.53. The molecule has 0 aliphatic rings. The highest BCUT2D eigenvalue weighted by molar-refractivity contribution is 5.78. The summed E-state index contributed by atoms with van der Waals surface area (Å²) in [5.74, 6) is -0.793. The Morgan fingerprint density at radius 2 is 2.12 bits per heavy atom. The zero-order valence-electron chi connectivity index (χ0n) is 9.53. The van der Waals surface area contributed by atoms with Crippen molar-refractivity contribution < 1.29 is 15.0 Å². The fourth-order valence-electron chi connectivity index (χ4n) is 1.53. The summed E-state index contributed by atoms with van der Waals surface area (Å²) in [4.78, 5) is 10.9. The van der Waals surface area contributed by atoms with Gasteiger partial charge in [0.2, 0.25) is 0 Å². The maximum absolute atomic E-state index is 10.9. The molecule has 0 amide bonds. The molecule has 0 saturated heterocycles. The van der Waals surface area contributed by atoms with E-state index >= 15 is 0 Å². The number of carboxylic acid groups (broad SMARTS) is 1. The second-order valence-corrected chi connectivity index (χ2v) is 4.22. The standard InChI is InChI=1S/C12H17NO3/c1-3-9-6-8(4-5-10(9)14)7-12(2,13)11(15)16/h4-6,14H,3,7,13H2,1-2H3,(H,15,16). The van der Waals surface area contributed by atoms with Crippen LogP contribution in [0.2, 0.25) is 0 Å². The minimum absolute atomic E-state index is 0.236. The lowest BCUT2D eigenvalue weighted by Gasteiger charge is -2.19. The van der Waals surface area contributed by atoms with Crippen molar-refractivity contribution in [3.05, 3.63) is 29.3 Å². The molecule has 0 heterocycles. The molecule has 0 spiro atoms. The molecule has 0 saturated carbocycles. The molecule has 0 aromatic heterocycles. The van der Waals surface area contributed by atoms with Crippen LogP contribution in [0, 0.1) is 0 Å². The number of aryl methyl sites for hydroxylation is 1. The number of benzene rings is 1. The van der Waals surface area contributed by atoms with Crippen LogP contribution in [0.15, 0.2) is 18.2 Å². The molecule has 16 heavy (non-hydrogen) atoms. The van der Waals surface area contributed by atoms with Crippen LogP contribution in [0.5, 0.6) is 5.75 Å². The van der Waals surface area contributed by atoms with Crippen molar-refractivity contribution in [1.82, 2.24) is 0 Å². The van der Waals surface area contributed by atoms with E-state index in [0.717, 1.165) is 11.1 Å². The third kappa shape index (κ3) is 2.73. The second kappa shape index (κ2) is 4.53. The van der Waals surface area contributed by atoms with Crippen LogP contribution in [0.25, 0.3) is 0 Å². The van der Waals surface area contributed by atoms with Gasteiger partial charge in [0, 0.05) is 6.42 Å². The van der Waals surface area contributed by atoms with Gasteiger partial charge in [-0.1, -0.05) is 19.1 Å². The molecule has 1 aromatic carbocycles. The third-order valence-corrected chi connectivity index (χ3v) is 2.58. The van der Waals surface area contributed by atoms with Gasteiger partial charge in [-0.2, -0.15) is 0 Å². The quantitative estimate of drug-likeness (QED) is 0.718. The lowest BCUT2D eigenvalue weighted by molar-refractivity contribution is -0.142. The number of nitrogens with two attached hydrogens (primary N) is 1. The highest BCUT2D eigenvalue weighted by Crippen LogP contribution is 2.21. The van der Waals surface area contributed by atoms with Crippen LogP contribution in [-0.2, 0) is 17.6 Å². The number of phenols is 1. The lowest BCUT2D eigenvalue weighted by atomic mass is 9.93. The molecule has 1 atom stereocenters. The smallest absolute Gasteiger partial charge is 0.323 e. The Morgan fingerprint density at radius 3 is 2.62 bits per heavy atom. The molecular weight excluding hydrogens is 206 g/mol. The Labute approximate surface area is 94.7 Å². The van der Waals surface area contributed by atoms with Crippen molar-refractivity contribution in [3.8, 4) is 5.75 Å². The van der Waals surface area contributed by atoms with Gasteiger partial charge >= 0.3 is 5.97 Å². The summed E-state index contributed by atoms with van der Waals surface area (Å²) < 4.78 is 0. The molecule has 1 unspecified atom stereocenters. The molecule has 0 radical (unpaired) electrons. The summed E-state index contributed by atoms with van der Waals surface area (Å²) in [6.07, 6.45) is 0.948. The summed E-state index contributed by atoms with van der Waals surface area (Å²) in [5, 5.41) is 18.4. The van der Waals surface area contributed by atoms with Crippen LogP contribution < -0.4 is 5.73 Å². The molecular formula is C12H17NO3. The molecule has 4 nitrogen and oxygen atoms in total. The van der Waals surface area contributed by atoms with Crippen LogP contribution in [-0.4, -0.2) is 21.7 Å². The topological polar surface area (TPSA) is 83.6 Å². The van der Waals surface area contributed by atoms with Gasteiger partial charge in [0.25, 0.3) is 0 Å². The number of carbonyl (C=O) groups is 1. The third-order valence-electron chi connectivity index (χ3n) is 2.58. The zero-order chi connectivity index (χ0) is 12.3. The van der Waals surface area contributed by atoms with E-state index in [1.165, 1.54) is 6.92 Å². The van der Waals surface area contributed by atoms with Crippen molar-refractivity contribution in [3.63, 3.8) is 0 Å². The number of aliphatic carboxylic acids is 1. The average Bonchev–Trinajstić information content (AvgIpc) is 2.20. The zero-order valence-corrected chi connectivity index (χ0v) is 9.53. The van der Waals surface area contributed by atoms with Crippen molar-refractivity contribution in [2.45, 2.75) is 32.2 Å². The molecule has 0 aliphatic carbocycles. The van der Waals surface area contributed by atoms with Crippen molar-refractivity contribution in [2.75, 3.05) is 0 Å². The van der Waals surface area contributed by atoms with Crippen LogP contribution in [0.4, 0.5) is 0 Å². The van der Waals surface area contributed by atoms with Crippen molar-refractivity contribution in [1.29, 1.82) is 0 Å². The number of aromatic hydroxyl groups is 1. The SMILES string of the molecule is CCc1cc(CC(C)(N)C(=O)O)ccc1O. The number of phenolic OH excluding ortho intramolecular Hbond substituents is 1. The number of rotatable bonds is 4. The van der Waals surface area contributed by atoms with E-state index in [9.17, 15) is 9.90 Å². The van der Waals surface area contributed by atoms with Gasteiger partial charge in [0.1, 0.15) is 11.3 Å². The molecule has 4 heteroatoms. The average molecular weight is 223 g/mol. The first-order valence-corrected chi connectivity index (χ1v) is 5.20. The van der Waals surface area contributed by atoms with Gasteiger partial charge in [-0.25, -0.2) is 0 Å². The Kier molecular flexibility index (Phi) is 3.55. The highest BCUT2D eigenvalue weighted by Gasteiger charge is 2.28. The van der Waals surface area contributed by atoms with E-state index in [2.05, 4.69) is 0 Å². The normalized spacial score (nSPS) is 14.4. The number of hydrogen-bond acceptors (Lipinski definition) is 3. The Balaban J connectivity index is 2.94. The summed E-state index contributed by atoms with van der Waals surface area (Å²) in [5.41, 5.74) is 6.01. The maximum Gasteiger partial charge on any atom is 0.323 e. The summed E-state index contributed by atoms with van der Waals surface area (Å²) >= 11 is 0. The van der Waals surface area contributed by atoms with E-state index in [1.54, 1.807) is 18.2 Å². The van der Waals surface area contributed by atoms with Crippen LogP contribution in [0.3, 0.4) is 0 Å². The predicted octanol–water partition coefficient (Wildman–Crippen LogP) is 1.30. The molecule has 4 N–H and O–H groups in total. The van der Waals surface area contributed by atoms with E-state index in [0.29, 0.717) is 6.42 Å². The van der Waals surface area contributed by atoms with Gasteiger partial charge in [0.15, 0.2) is 0 Å². The van der Waals surface area contributed by atoms with Gasteiger partial charge < -0.3 is 15.9 Å². The van der Waals surface area contributed by atoms with E-state index in [1.807, 2.05) is 6.92 Å². The minimum Gasteiger partial charge on any atom is -0.508 e. The van der Waals surface area contributed by atoms with Crippen molar-refractivity contribution in [2.24, 2.45) is 5.73 Å². The van der Waals surface area contributed by atoms with Crippen LogP contribution >= 0.6 is 0 Å². The molecule has 1 aromatic rings. The van der Waals surface area contributed by atoms with E-state index < -0.39 is 11.5 Å². The first kappa shape index (κ1) is 12.5. The van der Waals surface area contributed by atoms with E-state index in [-0.39, 0.29) is 12.2 Å². The first-order valence-electron chi connectivity index (χ1n) is 5.20. The minimum atomic E-state index is -1.28. The Morgan fingerprint density at radius 1 is 1.50 bits per heavy atom.